The number of hydrogen-bond donors (Lipinski definition) is 1. The van der Waals surface area contributed by atoms with E-state index in [1.807, 2.05) is 48.5 Å². The molecule has 0 amide bonds. The lowest BCUT2D eigenvalue weighted by Gasteiger charge is -2.25. The minimum atomic E-state index is -0.198. The van der Waals surface area contributed by atoms with Gasteiger partial charge in [-0.25, -0.2) is 0 Å². The predicted octanol–water partition coefficient (Wildman–Crippen LogP) is 4.96. The van der Waals surface area contributed by atoms with Crippen LogP contribution in [0.2, 0.25) is 5.02 Å². The molecule has 0 aliphatic carbocycles. The fourth-order valence-electron chi connectivity index (χ4n) is 1.95. The van der Waals surface area contributed by atoms with Crippen molar-refractivity contribution in [2.75, 3.05) is 0 Å². The molecule has 4 heteroatoms. The average Bonchev–Trinajstić information content (AvgIpc) is 2.47. The molecule has 2 N–H and O–H groups in total. The first kappa shape index (κ1) is 15.4. The van der Waals surface area contributed by atoms with E-state index < -0.39 is 0 Å². The third-order valence-electron chi connectivity index (χ3n) is 3.15. The molecule has 2 atom stereocenters. The second kappa shape index (κ2) is 7.11. The lowest BCUT2D eigenvalue weighted by molar-refractivity contribution is 0.170. The molecule has 0 heterocycles. The normalized spacial score (nSPS) is 13.8. The predicted molar refractivity (Wildman–Crippen MR) is 87.2 cm³/mol. The van der Waals surface area contributed by atoms with Crippen molar-refractivity contribution in [3.05, 3.63) is 63.6 Å². The van der Waals surface area contributed by atoms with E-state index in [9.17, 15) is 0 Å². The van der Waals surface area contributed by atoms with E-state index in [0.717, 1.165) is 22.2 Å². The molecule has 0 fully saturated rings. The Hall–Kier alpha value is -1.03. The molecule has 2 nitrogen and oxygen atoms in total. The van der Waals surface area contributed by atoms with Crippen LogP contribution in [0.5, 0.6) is 5.75 Å². The van der Waals surface area contributed by atoms with E-state index in [4.69, 9.17) is 22.1 Å². The monoisotopic (exact) mass is 353 g/mol. The third kappa shape index (κ3) is 3.75. The quantitative estimate of drug-likeness (QED) is 0.823. The highest BCUT2D eigenvalue weighted by Crippen LogP contribution is 2.31. The van der Waals surface area contributed by atoms with E-state index in [0.29, 0.717) is 5.02 Å². The summed E-state index contributed by atoms with van der Waals surface area (Å²) in [4.78, 5) is 0. The Balaban J connectivity index is 2.29. The molecule has 0 saturated heterocycles. The van der Waals surface area contributed by atoms with Gasteiger partial charge in [0, 0.05) is 11.1 Å². The maximum atomic E-state index is 6.21. The molecule has 2 aromatic rings. The molecule has 0 aromatic heterocycles. The van der Waals surface area contributed by atoms with Crippen molar-refractivity contribution in [1.29, 1.82) is 0 Å². The Bertz CT molecular complexity index is 559. The molecule has 106 valence electrons. The standard InChI is InChI=1S/C16H17BrClNO/c1-2-14(19)16(11-7-9-12(18)10-8-11)20-15-6-4-3-5-13(15)17/h3-10,14,16H,2,19H2,1H3. The van der Waals surface area contributed by atoms with Gasteiger partial charge in [0.05, 0.1) is 4.47 Å². The Morgan fingerprint density at radius 2 is 1.80 bits per heavy atom. The second-order valence-corrected chi connectivity index (χ2v) is 5.88. The summed E-state index contributed by atoms with van der Waals surface area (Å²) in [6.45, 7) is 2.05. The van der Waals surface area contributed by atoms with Crippen LogP contribution in [0.3, 0.4) is 0 Å². The number of rotatable bonds is 5. The van der Waals surface area contributed by atoms with Gasteiger partial charge in [-0.3, -0.25) is 0 Å². The van der Waals surface area contributed by atoms with Crippen LogP contribution < -0.4 is 10.5 Å². The molecule has 0 aliphatic rings. The van der Waals surface area contributed by atoms with Crippen molar-refractivity contribution in [3.63, 3.8) is 0 Å². The largest absolute Gasteiger partial charge is 0.483 e. The molecule has 2 aromatic carbocycles. The Morgan fingerprint density at radius 1 is 1.15 bits per heavy atom. The zero-order chi connectivity index (χ0) is 14.5. The molecular formula is C16H17BrClNO. The van der Waals surface area contributed by atoms with Gasteiger partial charge in [0.25, 0.3) is 0 Å². The smallest absolute Gasteiger partial charge is 0.139 e. The molecule has 2 rings (SSSR count). The number of ether oxygens (including phenoxy) is 1. The van der Waals surface area contributed by atoms with Gasteiger partial charge in [0.1, 0.15) is 11.9 Å². The SMILES string of the molecule is CCC(N)C(Oc1ccccc1Br)c1ccc(Cl)cc1. The van der Waals surface area contributed by atoms with E-state index in [2.05, 4.69) is 22.9 Å². The molecule has 0 saturated carbocycles. The molecular weight excluding hydrogens is 338 g/mol. The molecule has 20 heavy (non-hydrogen) atoms. The number of halogens is 2. The maximum Gasteiger partial charge on any atom is 0.139 e. The lowest BCUT2D eigenvalue weighted by Crippen LogP contribution is -2.31. The topological polar surface area (TPSA) is 35.2 Å². The zero-order valence-electron chi connectivity index (χ0n) is 11.2. The Kier molecular flexibility index (Phi) is 5.46. The third-order valence-corrected chi connectivity index (χ3v) is 4.06. The number of para-hydroxylation sites is 1. The van der Waals surface area contributed by atoms with Gasteiger partial charge >= 0.3 is 0 Å². The number of hydrogen-bond acceptors (Lipinski definition) is 2. The van der Waals surface area contributed by atoms with Crippen LogP contribution in [0.25, 0.3) is 0 Å². The van der Waals surface area contributed by atoms with Crippen molar-refractivity contribution in [1.82, 2.24) is 0 Å². The van der Waals surface area contributed by atoms with Crippen LogP contribution in [-0.2, 0) is 0 Å². The number of benzene rings is 2. The van der Waals surface area contributed by atoms with Crippen molar-refractivity contribution in [2.24, 2.45) is 5.73 Å². The first-order chi connectivity index (χ1) is 9.61. The van der Waals surface area contributed by atoms with Crippen molar-refractivity contribution in [2.45, 2.75) is 25.5 Å². The van der Waals surface area contributed by atoms with Crippen LogP contribution >= 0.6 is 27.5 Å². The highest BCUT2D eigenvalue weighted by atomic mass is 79.9. The molecule has 2 unspecified atom stereocenters. The van der Waals surface area contributed by atoms with Gasteiger partial charge in [-0.15, -0.1) is 0 Å². The van der Waals surface area contributed by atoms with Gasteiger partial charge in [0.15, 0.2) is 0 Å². The zero-order valence-corrected chi connectivity index (χ0v) is 13.6. The van der Waals surface area contributed by atoms with Crippen LogP contribution in [0, 0.1) is 0 Å². The van der Waals surface area contributed by atoms with Crippen molar-refractivity contribution >= 4 is 27.5 Å². The maximum absolute atomic E-state index is 6.21. The van der Waals surface area contributed by atoms with Crippen LogP contribution in [-0.4, -0.2) is 6.04 Å². The minimum Gasteiger partial charge on any atom is -0.483 e. The summed E-state index contributed by atoms with van der Waals surface area (Å²) < 4.78 is 7.03. The van der Waals surface area contributed by atoms with Gasteiger partial charge in [-0.1, -0.05) is 42.8 Å². The summed E-state index contributed by atoms with van der Waals surface area (Å²) in [6.07, 6.45) is 0.633. The van der Waals surface area contributed by atoms with Crippen LogP contribution in [0.1, 0.15) is 25.0 Å². The van der Waals surface area contributed by atoms with E-state index in [1.165, 1.54) is 0 Å². The summed E-state index contributed by atoms with van der Waals surface area (Å²) in [5.74, 6) is 0.788. The highest BCUT2D eigenvalue weighted by Gasteiger charge is 2.21. The Labute approximate surface area is 133 Å². The first-order valence-corrected chi connectivity index (χ1v) is 7.71. The first-order valence-electron chi connectivity index (χ1n) is 6.54. The molecule has 0 spiro atoms. The van der Waals surface area contributed by atoms with E-state index in [1.54, 1.807) is 0 Å². The van der Waals surface area contributed by atoms with E-state index in [-0.39, 0.29) is 12.1 Å². The van der Waals surface area contributed by atoms with Gasteiger partial charge < -0.3 is 10.5 Å². The second-order valence-electron chi connectivity index (χ2n) is 4.59. The average molecular weight is 355 g/mol. The Morgan fingerprint density at radius 3 is 2.40 bits per heavy atom. The molecule has 0 aliphatic heterocycles. The van der Waals surface area contributed by atoms with E-state index >= 15 is 0 Å². The fourth-order valence-corrected chi connectivity index (χ4v) is 2.45. The van der Waals surface area contributed by atoms with Gasteiger partial charge in [0.2, 0.25) is 0 Å². The van der Waals surface area contributed by atoms with Gasteiger partial charge in [-0.05, 0) is 52.2 Å². The molecule has 0 radical (unpaired) electrons. The van der Waals surface area contributed by atoms with Gasteiger partial charge in [-0.2, -0.15) is 0 Å². The summed E-state index contributed by atoms with van der Waals surface area (Å²) in [7, 11) is 0. The van der Waals surface area contributed by atoms with Crippen LogP contribution in [0.15, 0.2) is 53.0 Å². The number of nitrogens with two attached hydrogens (primary N) is 1. The minimum absolute atomic E-state index is 0.0803. The van der Waals surface area contributed by atoms with Crippen LogP contribution in [0.4, 0.5) is 0 Å². The summed E-state index contributed by atoms with van der Waals surface area (Å²) >= 11 is 9.43. The lowest BCUT2D eigenvalue weighted by atomic mass is 10.0. The van der Waals surface area contributed by atoms with Crippen molar-refractivity contribution in [3.8, 4) is 5.75 Å². The summed E-state index contributed by atoms with van der Waals surface area (Å²) in [5.41, 5.74) is 7.24. The highest BCUT2D eigenvalue weighted by molar-refractivity contribution is 9.10. The summed E-state index contributed by atoms with van der Waals surface area (Å²) in [6, 6.07) is 15.3. The van der Waals surface area contributed by atoms with Crippen molar-refractivity contribution < 1.29 is 4.74 Å². The molecule has 0 bridgehead atoms. The fraction of sp³-hybridized carbons (Fsp3) is 0.250. The summed E-state index contributed by atoms with van der Waals surface area (Å²) in [5, 5.41) is 0.707.